The van der Waals surface area contributed by atoms with Gasteiger partial charge in [-0.2, -0.15) is 0 Å². The fourth-order valence-corrected chi connectivity index (χ4v) is 4.87. The molecule has 1 aliphatic carbocycles. The molecule has 3 heteroatoms. The summed E-state index contributed by atoms with van der Waals surface area (Å²) >= 11 is 5.53. The largest absolute Gasteiger partial charge is 0.313 e. The number of likely N-dealkylation sites (N-methyl/N-ethyl adjacent to an activating group) is 1. The van der Waals surface area contributed by atoms with Gasteiger partial charge < -0.3 is 5.32 Å². The highest BCUT2D eigenvalue weighted by Crippen LogP contribution is 2.37. The number of hydrogen-bond acceptors (Lipinski definition) is 2. The van der Waals surface area contributed by atoms with Gasteiger partial charge >= 0.3 is 0 Å². The van der Waals surface area contributed by atoms with Crippen LogP contribution in [0.4, 0.5) is 0 Å². The first-order valence-corrected chi connectivity index (χ1v) is 9.00. The van der Waals surface area contributed by atoms with Crippen molar-refractivity contribution in [3.8, 4) is 0 Å². The van der Waals surface area contributed by atoms with Crippen LogP contribution in [0.15, 0.2) is 40.2 Å². The smallest absolute Gasteiger partial charge is 0.0314 e. The van der Waals surface area contributed by atoms with Gasteiger partial charge in [-0.1, -0.05) is 31.2 Å². The average molecular weight is 350 g/mol. The van der Waals surface area contributed by atoms with E-state index in [0.29, 0.717) is 12.0 Å². The van der Waals surface area contributed by atoms with Gasteiger partial charge in [0, 0.05) is 21.3 Å². The van der Waals surface area contributed by atoms with Crippen LogP contribution in [-0.4, -0.2) is 12.6 Å². The Bertz CT molecular complexity index is 578. The van der Waals surface area contributed by atoms with Crippen molar-refractivity contribution in [3.05, 3.63) is 56.2 Å². The van der Waals surface area contributed by atoms with Gasteiger partial charge in [0.2, 0.25) is 0 Å². The fourth-order valence-electron chi connectivity index (χ4n) is 3.30. The summed E-state index contributed by atoms with van der Waals surface area (Å²) in [6.45, 7) is 3.24. The number of benzene rings is 1. The number of halogens is 1. The molecule has 20 heavy (non-hydrogen) atoms. The van der Waals surface area contributed by atoms with Crippen LogP contribution in [0.2, 0.25) is 0 Å². The van der Waals surface area contributed by atoms with Crippen LogP contribution in [0.1, 0.15) is 35.3 Å². The Morgan fingerprint density at radius 2 is 2.20 bits per heavy atom. The maximum absolute atomic E-state index is 3.72. The molecule has 2 aromatic rings. The summed E-state index contributed by atoms with van der Waals surface area (Å²) in [7, 11) is 0. The van der Waals surface area contributed by atoms with E-state index in [-0.39, 0.29) is 0 Å². The molecule has 1 aromatic carbocycles. The molecule has 1 aliphatic rings. The molecule has 0 bridgehead atoms. The Morgan fingerprint density at radius 3 is 2.95 bits per heavy atom. The highest BCUT2D eigenvalue weighted by atomic mass is 79.9. The van der Waals surface area contributed by atoms with Gasteiger partial charge in [0.1, 0.15) is 0 Å². The second-order valence-electron chi connectivity index (χ2n) is 5.40. The van der Waals surface area contributed by atoms with Crippen LogP contribution >= 0.6 is 27.3 Å². The zero-order valence-corrected chi connectivity index (χ0v) is 14.1. The Kier molecular flexibility index (Phi) is 4.59. The number of aryl methyl sites for hydroxylation is 1. The molecule has 3 rings (SSSR count). The van der Waals surface area contributed by atoms with E-state index < -0.39 is 0 Å². The molecule has 0 amide bonds. The molecule has 1 heterocycles. The van der Waals surface area contributed by atoms with Crippen molar-refractivity contribution in [1.82, 2.24) is 5.32 Å². The maximum atomic E-state index is 3.72. The third-order valence-corrected chi connectivity index (χ3v) is 6.18. The predicted octanol–water partition coefficient (Wildman–Crippen LogP) is 4.76. The van der Waals surface area contributed by atoms with Crippen molar-refractivity contribution < 1.29 is 0 Å². The molecule has 0 saturated heterocycles. The van der Waals surface area contributed by atoms with E-state index >= 15 is 0 Å². The summed E-state index contributed by atoms with van der Waals surface area (Å²) in [5.41, 5.74) is 3.11. The van der Waals surface area contributed by atoms with Gasteiger partial charge in [-0.3, -0.25) is 0 Å². The molecule has 0 spiro atoms. The maximum Gasteiger partial charge on any atom is 0.0314 e. The van der Waals surface area contributed by atoms with E-state index in [0.717, 1.165) is 13.0 Å². The van der Waals surface area contributed by atoms with Crippen LogP contribution in [0, 0.1) is 0 Å². The lowest BCUT2D eigenvalue weighted by atomic mass is 9.90. The van der Waals surface area contributed by atoms with Crippen LogP contribution in [0.5, 0.6) is 0 Å². The van der Waals surface area contributed by atoms with Gasteiger partial charge in [0.05, 0.1) is 0 Å². The molecule has 0 fully saturated rings. The van der Waals surface area contributed by atoms with E-state index in [9.17, 15) is 0 Å². The normalized spacial score (nSPS) is 19.0. The quantitative estimate of drug-likeness (QED) is 0.820. The number of nitrogens with one attached hydrogen (secondary N) is 1. The summed E-state index contributed by atoms with van der Waals surface area (Å²) in [5, 5.41) is 5.89. The van der Waals surface area contributed by atoms with Crippen molar-refractivity contribution in [1.29, 1.82) is 0 Å². The summed E-state index contributed by atoms with van der Waals surface area (Å²) in [5.74, 6) is 0.653. The van der Waals surface area contributed by atoms with Crippen molar-refractivity contribution in [2.45, 2.75) is 38.1 Å². The van der Waals surface area contributed by atoms with Crippen molar-refractivity contribution in [2.75, 3.05) is 6.54 Å². The zero-order valence-electron chi connectivity index (χ0n) is 11.7. The number of hydrogen-bond donors (Lipinski definition) is 1. The minimum Gasteiger partial charge on any atom is -0.313 e. The molecule has 2 atom stereocenters. The average Bonchev–Trinajstić information content (AvgIpc) is 3.05. The van der Waals surface area contributed by atoms with Crippen LogP contribution in [0.25, 0.3) is 0 Å². The Labute approximate surface area is 133 Å². The van der Waals surface area contributed by atoms with Crippen molar-refractivity contribution in [2.24, 2.45) is 0 Å². The molecule has 1 N–H and O–H groups in total. The highest BCUT2D eigenvalue weighted by Gasteiger charge is 2.29. The molecule has 0 aliphatic heterocycles. The number of thiophene rings is 1. The summed E-state index contributed by atoms with van der Waals surface area (Å²) < 4.78 is 1.26. The van der Waals surface area contributed by atoms with E-state index in [4.69, 9.17) is 0 Å². The molecule has 0 radical (unpaired) electrons. The van der Waals surface area contributed by atoms with E-state index in [1.54, 1.807) is 11.1 Å². The minimum atomic E-state index is 0.540. The van der Waals surface area contributed by atoms with Crippen LogP contribution in [0.3, 0.4) is 0 Å². The number of fused-ring (bicyclic) bond motifs is 1. The van der Waals surface area contributed by atoms with E-state index in [1.807, 2.05) is 11.3 Å². The first-order valence-electron chi connectivity index (χ1n) is 7.32. The lowest BCUT2D eigenvalue weighted by Gasteiger charge is -2.25. The Hall–Kier alpha value is -0.640. The summed E-state index contributed by atoms with van der Waals surface area (Å²) in [6, 6.07) is 11.7. The molecule has 1 nitrogen and oxygen atoms in total. The summed E-state index contributed by atoms with van der Waals surface area (Å²) in [4.78, 5) is 1.46. The van der Waals surface area contributed by atoms with Gasteiger partial charge in [-0.05, 0) is 64.3 Å². The van der Waals surface area contributed by atoms with Gasteiger partial charge in [-0.25, -0.2) is 0 Å². The number of rotatable bonds is 5. The third-order valence-electron chi connectivity index (χ3n) is 4.23. The monoisotopic (exact) mass is 349 g/mol. The van der Waals surface area contributed by atoms with Gasteiger partial charge in [0.25, 0.3) is 0 Å². The predicted molar refractivity (Wildman–Crippen MR) is 90.7 cm³/mol. The topological polar surface area (TPSA) is 12.0 Å². The standard InChI is InChI=1S/C17H20BrNS/c1-2-19-16(11-17-15(18)9-10-20-17)14-8-7-12-5-3-4-6-13(12)14/h3-6,9-10,14,16,19H,2,7-8,11H2,1H3. The molecule has 2 unspecified atom stereocenters. The molecule has 0 saturated carbocycles. The lowest BCUT2D eigenvalue weighted by Crippen LogP contribution is -2.35. The van der Waals surface area contributed by atoms with Gasteiger partial charge in [0.15, 0.2) is 0 Å². The zero-order chi connectivity index (χ0) is 13.9. The highest BCUT2D eigenvalue weighted by molar-refractivity contribution is 9.10. The molecule has 106 valence electrons. The lowest BCUT2D eigenvalue weighted by molar-refractivity contribution is 0.436. The molecular formula is C17H20BrNS. The van der Waals surface area contributed by atoms with Crippen molar-refractivity contribution in [3.63, 3.8) is 0 Å². The Morgan fingerprint density at radius 1 is 1.35 bits per heavy atom. The van der Waals surface area contributed by atoms with E-state index in [1.165, 1.54) is 22.2 Å². The molecule has 1 aromatic heterocycles. The fraction of sp³-hybridized carbons (Fsp3) is 0.412. The summed E-state index contributed by atoms with van der Waals surface area (Å²) in [6.07, 6.45) is 3.62. The van der Waals surface area contributed by atoms with E-state index in [2.05, 4.69) is 63.9 Å². The Balaban J connectivity index is 1.83. The van der Waals surface area contributed by atoms with Crippen LogP contribution < -0.4 is 5.32 Å². The van der Waals surface area contributed by atoms with Crippen molar-refractivity contribution >= 4 is 27.3 Å². The first-order chi connectivity index (χ1) is 9.79. The SMILES string of the molecule is CCNC(Cc1sccc1Br)C1CCc2ccccc21. The molecular weight excluding hydrogens is 330 g/mol. The second-order valence-corrected chi connectivity index (χ2v) is 7.26. The first kappa shape index (κ1) is 14.3. The second kappa shape index (κ2) is 6.42. The van der Waals surface area contributed by atoms with Crippen LogP contribution in [-0.2, 0) is 12.8 Å². The minimum absolute atomic E-state index is 0.540. The third kappa shape index (κ3) is 2.85. The van der Waals surface area contributed by atoms with Gasteiger partial charge in [-0.15, -0.1) is 11.3 Å².